The molecule has 1 aliphatic rings. The summed E-state index contributed by atoms with van der Waals surface area (Å²) in [6.45, 7) is 1.26. The number of ether oxygens (including phenoxy) is 2. The molecule has 0 bridgehead atoms. The van der Waals surface area contributed by atoms with Crippen LogP contribution in [0, 0.1) is 5.82 Å². The first-order valence-corrected chi connectivity index (χ1v) is 8.83. The quantitative estimate of drug-likeness (QED) is 0.704. The zero-order valence-electron chi connectivity index (χ0n) is 14.9. The summed E-state index contributed by atoms with van der Waals surface area (Å²) in [7, 11) is 0. The van der Waals surface area contributed by atoms with E-state index in [1.54, 1.807) is 48.5 Å². The summed E-state index contributed by atoms with van der Waals surface area (Å²) in [5.74, 6) is 1.17. The highest BCUT2D eigenvalue weighted by atomic mass is 19.1. The van der Waals surface area contributed by atoms with Gasteiger partial charge in [0, 0.05) is 35.6 Å². The fourth-order valence-electron chi connectivity index (χ4n) is 2.82. The number of nitrogens with zero attached hydrogens (tertiary/aromatic N) is 1. The van der Waals surface area contributed by atoms with E-state index in [0.717, 1.165) is 0 Å². The van der Waals surface area contributed by atoms with Gasteiger partial charge in [0.15, 0.2) is 11.5 Å². The maximum atomic E-state index is 13.7. The number of amides is 1. The second-order valence-electron chi connectivity index (χ2n) is 6.19. The van der Waals surface area contributed by atoms with Crippen LogP contribution < -0.4 is 20.1 Å². The van der Waals surface area contributed by atoms with Crippen molar-refractivity contribution < 1.29 is 18.7 Å². The predicted molar refractivity (Wildman–Crippen MR) is 103 cm³/mol. The highest BCUT2D eigenvalue weighted by molar-refractivity contribution is 6.04. The monoisotopic (exact) mass is 379 g/mol. The van der Waals surface area contributed by atoms with Crippen molar-refractivity contribution in [1.82, 2.24) is 4.98 Å². The second kappa shape index (κ2) is 7.96. The van der Waals surface area contributed by atoms with Crippen molar-refractivity contribution in [3.05, 3.63) is 77.7 Å². The Labute approximate surface area is 161 Å². The Bertz CT molecular complexity index is 1010. The number of carbonyl (C=O) groups excluding carboxylic acids is 1. The number of hydrogen-bond donors (Lipinski definition) is 2. The third kappa shape index (κ3) is 4.03. The number of hydrogen-bond acceptors (Lipinski definition) is 5. The second-order valence-corrected chi connectivity index (χ2v) is 6.19. The van der Waals surface area contributed by atoms with Gasteiger partial charge < -0.3 is 20.1 Å². The Hall–Kier alpha value is -3.61. The minimum atomic E-state index is -0.289. The van der Waals surface area contributed by atoms with Gasteiger partial charge in [-0.05, 0) is 30.3 Å². The van der Waals surface area contributed by atoms with Gasteiger partial charge in [-0.1, -0.05) is 18.2 Å². The smallest absolute Gasteiger partial charge is 0.255 e. The summed E-state index contributed by atoms with van der Waals surface area (Å²) in [4.78, 5) is 16.7. The Kier molecular flexibility index (Phi) is 5.05. The summed E-state index contributed by atoms with van der Waals surface area (Å²) < 4.78 is 24.7. The molecule has 6 nitrogen and oxygen atoms in total. The Morgan fingerprint density at radius 3 is 2.71 bits per heavy atom. The summed E-state index contributed by atoms with van der Waals surface area (Å²) in [5.41, 5.74) is 1.56. The number of halogens is 1. The lowest BCUT2D eigenvalue weighted by molar-refractivity contribution is 0.102. The molecule has 0 saturated carbocycles. The standard InChI is InChI=1S/C21H18FN3O3/c22-17-4-2-1-3-15(17)13-24-20-11-14(7-8-23-20)21(26)25-16-5-6-18-19(12-16)28-10-9-27-18/h1-8,11-12H,9-10,13H2,(H,23,24)(H,25,26). The van der Waals surface area contributed by atoms with Gasteiger partial charge in [-0.3, -0.25) is 4.79 Å². The van der Waals surface area contributed by atoms with E-state index in [-0.39, 0.29) is 18.3 Å². The van der Waals surface area contributed by atoms with Crippen LogP contribution in [0.2, 0.25) is 0 Å². The highest BCUT2D eigenvalue weighted by Crippen LogP contribution is 2.32. The predicted octanol–water partition coefficient (Wildman–Crippen LogP) is 3.86. The average Bonchev–Trinajstić information content (AvgIpc) is 2.73. The van der Waals surface area contributed by atoms with E-state index in [4.69, 9.17) is 9.47 Å². The third-order valence-electron chi connectivity index (χ3n) is 4.24. The molecule has 2 N–H and O–H groups in total. The molecule has 0 spiro atoms. The van der Waals surface area contributed by atoms with E-state index in [1.165, 1.54) is 12.3 Å². The summed E-state index contributed by atoms with van der Waals surface area (Å²) in [6, 6.07) is 15.0. The van der Waals surface area contributed by atoms with Crippen LogP contribution in [0.4, 0.5) is 15.9 Å². The maximum Gasteiger partial charge on any atom is 0.255 e. The molecule has 142 valence electrons. The number of aromatic nitrogens is 1. The highest BCUT2D eigenvalue weighted by Gasteiger charge is 2.14. The maximum absolute atomic E-state index is 13.7. The van der Waals surface area contributed by atoms with Crippen LogP contribution in [-0.4, -0.2) is 24.1 Å². The van der Waals surface area contributed by atoms with Crippen LogP contribution in [0.1, 0.15) is 15.9 Å². The first-order chi connectivity index (χ1) is 13.7. The summed E-state index contributed by atoms with van der Waals surface area (Å²) in [6.07, 6.45) is 1.53. The van der Waals surface area contributed by atoms with E-state index in [0.29, 0.717) is 47.3 Å². The van der Waals surface area contributed by atoms with Crippen LogP contribution in [0.15, 0.2) is 60.8 Å². The molecule has 4 rings (SSSR count). The first-order valence-electron chi connectivity index (χ1n) is 8.83. The Morgan fingerprint density at radius 1 is 1.04 bits per heavy atom. The van der Waals surface area contributed by atoms with Gasteiger partial charge in [-0.15, -0.1) is 0 Å². The summed E-state index contributed by atoms with van der Waals surface area (Å²) >= 11 is 0. The van der Waals surface area contributed by atoms with Crippen molar-refractivity contribution >= 4 is 17.4 Å². The topological polar surface area (TPSA) is 72.5 Å². The fourth-order valence-corrected chi connectivity index (χ4v) is 2.82. The molecule has 28 heavy (non-hydrogen) atoms. The third-order valence-corrected chi connectivity index (χ3v) is 4.24. The number of fused-ring (bicyclic) bond motifs is 1. The van der Waals surface area contributed by atoms with Crippen molar-refractivity contribution in [3.8, 4) is 11.5 Å². The van der Waals surface area contributed by atoms with Crippen LogP contribution in [0.25, 0.3) is 0 Å². The molecule has 2 heterocycles. The molecule has 0 saturated heterocycles. The van der Waals surface area contributed by atoms with E-state index >= 15 is 0 Å². The lowest BCUT2D eigenvalue weighted by atomic mass is 10.2. The Morgan fingerprint density at radius 2 is 1.86 bits per heavy atom. The molecule has 0 atom stereocenters. The van der Waals surface area contributed by atoms with E-state index in [9.17, 15) is 9.18 Å². The Balaban J connectivity index is 1.43. The van der Waals surface area contributed by atoms with Crippen LogP contribution in [0.3, 0.4) is 0 Å². The molecule has 0 fully saturated rings. The van der Waals surface area contributed by atoms with Gasteiger partial charge in [0.25, 0.3) is 5.91 Å². The normalized spacial score (nSPS) is 12.3. The molecule has 1 aromatic heterocycles. The number of anilines is 2. The van der Waals surface area contributed by atoms with Gasteiger partial charge in [0.05, 0.1) is 0 Å². The molecule has 2 aromatic carbocycles. The molecule has 0 unspecified atom stereocenters. The number of rotatable bonds is 5. The minimum absolute atomic E-state index is 0.271. The molecule has 1 aliphatic heterocycles. The van der Waals surface area contributed by atoms with Crippen molar-refractivity contribution in [2.75, 3.05) is 23.8 Å². The lowest BCUT2D eigenvalue weighted by Gasteiger charge is -2.19. The molecule has 1 amide bonds. The van der Waals surface area contributed by atoms with E-state index < -0.39 is 0 Å². The van der Waals surface area contributed by atoms with Crippen LogP contribution in [0.5, 0.6) is 11.5 Å². The van der Waals surface area contributed by atoms with Gasteiger partial charge >= 0.3 is 0 Å². The molecule has 0 aliphatic carbocycles. The van der Waals surface area contributed by atoms with Crippen LogP contribution >= 0.6 is 0 Å². The molecular weight excluding hydrogens is 361 g/mol. The largest absolute Gasteiger partial charge is 0.486 e. The fraction of sp³-hybridized carbons (Fsp3) is 0.143. The SMILES string of the molecule is O=C(Nc1ccc2c(c1)OCCO2)c1ccnc(NCc2ccccc2F)c1. The first kappa shape index (κ1) is 17.8. The number of nitrogens with one attached hydrogen (secondary N) is 2. The number of pyridine rings is 1. The van der Waals surface area contributed by atoms with Crippen molar-refractivity contribution in [2.24, 2.45) is 0 Å². The van der Waals surface area contributed by atoms with Crippen LogP contribution in [-0.2, 0) is 6.54 Å². The molecule has 3 aromatic rings. The van der Waals surface area contributed by atoms with Gasteiger partial charge in [0.2, 0.25) is 0 Å². The lowest BCUT2D eigenvalue weighted by Crippen LogP contribution is -2.16. The summed E-state index contributed by atoms with van der Waals surface area (Å²) in [5, 5.41) is 5.86. The van der Waals surface area contributed by atoms with E-state index in [2.05, 4.69) is 15.6 Å². The molecule has 7 heteroatoms. The molecule has 0 radical (unpaired) electrons. The number of benzene rings is 2. The van der Waals surface area contributed by atoms with Gasteiger partial charge in [-0.2, -0.15) is 0 Å². The minimum Gasteiger partial charge on any atom is -0.486 e. The van der Waals surface area contributed by atoms with Gasteiger partial charge in [0.1, 0.15) is 24.8 Å². The average molecular weight is 379 g/mol. The zero-order chi connectivity index (χ0) is 19.3. The van der Waals surface area contributed by atoms with Crippen molar-refractivity contribution in [3.63, 3.8) is 0 Å². The number of carbonyl (C=O) groups is 1. The van der Waals surface area contributed by atoms with Gasteiger partial charge in [-0.25, -0.2) is 9.37 Å². The van der Waals surface area contributed by atoms with E-state index in [1.807, 2.05) is 0 Å². The molecular formula is C21H18FN3O3. The van der Waals surface area contributed by atoms with Crippen molar-refractivity contribution in [2.45, 2.75) is 6.54 Å². The van der Waals surface area contributed by atoms with Crippen molar-refractivity contribution in [1.29, 1.82) is 0 Å². The zero-order valence-corrected chi connectivity index (χ0v) is 14.9.